The Labute approximate surface area is 116 Å². The highest BCUT2D eigenvalue weighted by Gasteiger charge is 2.08. The number of ether oxygens (including phenoxy) is 1. The van der Waals surface area contributed by atoms with E-state index in [0.29, 0.717) is 0 Å². The summed E-state index contributed by atoms with van der Waals surface area (Å²) in [5.74, 6) is 1.29. The Kier molecular flexibility index (Phi) is 3.18. The second-order valence-corrected chi connectivity index (χ2v) is 4.98. The molecule has 0 aliphatic heterocycles. The fourth-order valence-corrected chi connectivity index (χ4v) is 2.12. The molecule has 0 N–H and O–H groups in total. The van der Waals surface area contributed by atoms with Crippen molar-refractivity contribution in [2.45, 2.75) is 20.0 Å². The lowest BCUT2D eigenvalue weighted by Crippen LogP contribution is -2.04. The lowest BCUT2D eigenvalue weighted by atomic mass is 10.1. The highest BCUT2D eigenvalue weighted by molar-refractivity contribution is 5.84. The first kappa shape index (κ1) is 12.7. The highest BCUT2D eigenvalue weighted by atomic mass is 19.1. The van der Waals surface area contributed by atoms with E-state index >= 15 is 0 Å². The van der Waals surface area contributed by atoms with Crippen molar-refractivity contribution in [1.82, 2.24) is 0 Å². The minimum absolute atomic E-state index is 0.135. The predicted molar refractivity (Wildman–Crippen MR) is 77.4 cm³/mol. The van der Waals surface area contributed by atoms with Crippen molar-refractivity contribution in [1.29, 1.82) is 0 Å². The van der Waals surface area contributed by atoms with Crippen LogP contribution >= 0.6 is 0 Å². The zero-order chi connectivity index (χ0) is 14.1. The van der Waals surface area contributed by atoms with Crippen molar-refractivity contribution >= 4 is 11.0 Å². The maximum Gasteiger partial charge on any atom is 0.135 e. The maximum absolute atomic E-state index is 12.9. The number of hydrogen-bond donors (Lipinski definition) is 0. The number of halogens is 1. The van der Waals surface area contributed by atoms with Gasteiger partial charge in [-0.05, 0) is 62.4 Å². The van der Waals surface area contributed by atoms with Gasteiger partial charge in [0.25, 0.3) is 0 Å². The topological polar surface area (TPSA) is 22.4 Å². The van der Waals surface area contributed by atoms with Crippen molar-refractivity contribution in [3.05, 3.63) is 54.3 Å². The summed E-state index contributed by atoms with van der Waals surface area (Å²) in [6.45, 7) is 3.98. The van der Waals surface area contributed by atoms with Crippen LogP contribution in [0.1, 0.15) is 13.8 Å². The minimum Gasteiger partial charge on any atom is -0.491 e. The van der Waals surface area contributed by atoms with Crippen LogP contribution in [0.2, 0.25) is 0 Å². The molecule has 20 heavy (non-hydrogen) atoms. The Balaban J connectivity index is 1.99. The summed E-state index contributed by atoms with van der Waals surface area (Å²) >= 11 is 0. The van der Waals surface area contributed by atoms with Crippen LogP contribution in [0.15, 0.2) is 52.9 Å². The van der Waals surface area contributed by atoms with Gasteiger partial charge < -0.3 is 9.15 Å². The molecule has 0 saturated carbocycles. The molecular weight excluding hydrogens is 255 g/mol. The summed E-state index contributed by atoms with van der Waals surface area (Å²) < 4.78 is 24.4. The lowest BCUT2D eigenvalue weighted by molar-refractivity contribution is 0.242. The highest BCUT2D eigenvalue weighted by Crippen LogP contribution is 2.30. The first-order chi connectivity index (χ1) is 9.61. The van der Waals surface area contributed by atoms with Crippen molar-refractivity contribution in [2.24, 2.45) is 0 Å². The van der Waals surface area contributed by atoms with E-state index < -0.39 is 0 Å². The SMILES string of the molecule is CC(C)Oc1ccc2oc(-c3ccc(F)cc3)cc2c1. The minimum atomic E-state index is -0.252. The quantitative estimate of drug-likeness (QED) is 0.666. The number of rotatable bonds is 3. The summed E-state index contributed by atoms with van der Waals surface area (Å²) in [5, 5.41) is 0.975. The van der Waals surface area contributed by atoms with Crippen LogP contribution in [0.3, 0.4) is 0 Å². The van der Waals surface area contributed by atoms with E-state index in [-0.39, 0.29) is 11.9 Å². The van der Waals surface area contributed by atoms with E-state index in [2.05, 4.69) is 0 Å². The second-order valence-electron chi connectivity index (χ2n) is 4.98. The van der Waals surface area contributed by atoms with Crippen molar-refractivity contribution in [3.63, 3.8) is 0 Å². The fourth-order valence-electron chi connectivity index (χ4n) is 2.12. The molecule has 3 rings (SSSR count). The summed E-state index contributed by atoms with van der Waals surface area (Å²) in [5.41, 5.74) is 1.65. The number of furan rings is 1. The van der Waals surface area contributed by atoms with Crippen molar-refractivity contribution in [2.75, 3.05) is 0 Å². The van der Waals surface area contributed by atoms with Gasteiger partial charge in [-0.2, -0.15) is 0 Å². The molecule has 1 aromatic heterocycles. The molecule has 2 nitrogen and oxygen atoms in total. The van der Waals surface area contributed by atoms with Crippen LogP contribution < -0.4 is 4.74 Å². The lowest BCUT2D eigenvalue weighted by Gasteiger charge is -2.08. The molecule has 0 amide bonds. The Morgan fingerprint density at radius 1 is 1.00 bits per heavy atom. The van der Waals surface area contributed by atoms with E-state index in [9.17, 15) is 4.39 Å². The van der Waals surface area contributed by atoms with Crippen LogP contribution in [0.5, 0.6) is 5.75 Å². The normalized spacial score (nSPS) is 11.2. The zero-order valence-corrected chi connectivity index (χ0v) is 11.4. The van der Waals surface area contributed by atoms with E-state index in [1.54, 1.807) is 12.1 Å². The van der Waals surface area contributed by atoms with Gasteiger partial charge in [-0.1, -0.05) is 0 Å². The molecule has 0 radical (unpaired) electrons. The maximum atomic E-state index is 12.9. The van der Waals surface area contributed by atoms with Gasteiger partial charge in [-0.15, -0.1) is 0 Å². The molecule has 0 aliphatic rings. The Bertz CT molecular complexity index is 726. The molecular formula is C17H15FO2. The summed E-state index contributed by atoms with van der Waals surface area (Å²) in [7, 11) is 0. The van der Waals surface area contributed by atoms with Crippen LogP contribution in [0, 0.1) is 5.82 Å². The van der Waals surface area contributed by atoms with Gasteiger partial charge in [-0.3, -0.25) is 0 Å². The summed E-state index contributed by atoms with van der Waals surface area (Å²) in [6.07, 6.45) is 0.135. The van der Waals surface area contributed by atoms with Crippen LogP contribution in [0.4, 0.5) is 4.39 Å². The first-order valence-electron chi connectivity index (χ1n) is 6.58. The molecule has 0 bridgehead atoms. The summed E-state index contributed by atoms with van der Waals surface area (Å²) in [4.78, 5) is 0. The van der Waals surface area contributed by atoms with Gasteiger partial charge >= 0.3 is 0 Å². The van der Waals surface area contributed by atoms with Gasteiger partial charge in [0.05, 0.1) is 6.10 Å². The van der Waals surface area contributed by atoms with E-state index in [0.717, 1.165) is 28.0 Å². The zero-order valence-electron chi connectivity index (χ0n) is 11.4. The molecule has 0 atom stereocenters. The number of hydrogen-bond acceptors (Lipinski definition) is 2. The largest absolute Gasteiger partial charge is 0.491 e. The number of fused-ring (bicyclic) bond motifs is 1. The van der Waals surface area contributed by atoms with Gasteiger partial charge in [0.2, 0.25) is 0 Å². The standard InChI is InChI=1S/C17H15FO2/c1-11(2)19-15-7-8-16-13(9-15)10-17(20-16)12-3-5-14(18)6-4-12/h3-11H,1-2H3. The average Bonchev–Trinajstić information content (AvgIpc) is 2.81. The van der Waals surface area contributed by atoms with E-state index in [1.165, 1.54) is 12.1 Å². The first-order valence-corrected chi connectivity index (χ1v) is 6.58. The van der Waals surface area contributed by atoms with E-state index in [1.807, 2.05) is 38.1 Å². The monoisotopic (exact) mass is 270 g/mol. The van der Waals surface area contributed by atoms with Gasteiger partial charge in [0, 0.05) is 10.9 Å². The van der Waals surface area contributed by atoms with Gasteiger partial charge in [0.1, 0.15) is 22.9 Å². The number of benzene rings is 2. The Hall–Kier alpha value is -2.29. The van der Waals surface area contributed by atoms with Crippen LogP contribution in [-0.4, -0.2) is 6.10 Å². The Morgan fingerprint density at radius 2 is 1.75 bits per heavy atom. The second kappa shape index (κ2) is 5.00. The molecule has 2 aromatic carbocycles. The van der Waals surface area contributed by atoms with Crippen molar-refractivity contribution in [3.8, 4) is 17.1 Å². The summed E-state index contributed by atoms with van der Waals surface area (Å²) in [6, 6.07) is 13.9. The Morgan fingerprint density at radius 3 is 2.45 bits per heavy atom. The third-order valence-corrected chi connectivity index (χ3v) is 2.99. The molecule has 0 aliphatic carbocycles. The van der Waals surface area contributed by atoms with Gasteiger partial charge in [0.15, 0.2) is 0 Å². The molecule has 102 valence electrons. The molecule has 3 heteroatoms. The van der Waals surface area contributed by atoms with Crippen molar-refractivity contribution < 1.29 is 13.5 Å². The molecule has 0 spiro atoms. The molecule has 1 heterocycles. The average molecular weight is 270 g/mol. The van der Waals surface area contributed by atoms with E-state index in [4.69, 9.17) is 9.15 Å². The predicted octanol–water partition coefficient (Wildman–Crippen LogP) is 5.03. The third kappa shape index (κ3) is 2.52. The molecule has 0 saturated heterocycles. The smallest absolute Gasteiger partial charge is 0.135 e. The fraction of sp³-hybridized carbons (Fsp3) is 0.176. The molecule has 3 aromatic rings. The van der Waals surface area contributed by atoms with Crippen LogP contribution in [0.25, 0.3) is 22.3 Å². The molecule has 0 unspecified atom stereocenters. The third-order valence-electron chi connectivity index (χ3n) is 2.99. The molecule has 0 fully saturated rings. The van der Waals surface area contributed by atoms with Crippen LogP contribution in [-0.2, 0) is 0 Å². The van der Waals surface area contributed by atoms with Gasteiger partial charge in [-0.25, -0.2) is 4.39 Å².